The number of amides is 1. The van der Waals surface area contributed by atoms with Crippen molar-refractivity contribution >= 4 is 28.9 Å². The molecule has 1 aromatic heterocycles. The summed E-state index contributed by atoms with van der Waals surface area (Å²) in [7, 11) is 1.33. The summed E-state index contributed by atoms with van der Waals surface area (Å²) < 4.78 is 4.74. The zero-order chi connectivity index (χ0) is 15.5. The number of imidazole rings is 1. The molecule has 1 amide bonds. The van der Waals surface area contributed by atoms with Gasteiger partial charge in [0, 0.05) is 5.92 Å². The van der Waals surface area contributed by atoms with Gasteiger partial charge in [-0.25, -0.2) is 9.78 Å². The highest BCUT2D eigenvalue weighted by atomic mass is 16.5. The van der Waals surface area contributed by atoms with E-state index in [4.69, 9.17) is 4.74 Å². The van der Waals surface area contributed by atoms with E-state index in [0.29, 0.717) is 22.5 Å². The third-order valence-electron chi connectivity index (χ3n) is 3.87. The summed E-state index contributed by atoms with van der Waals surface area (Å²) in [6.07, 6.45) is 1.64. The lowest BCUT2D eigenvalue weighted by Crippen LogP contribution is -2.34. The quantitative estimate of drug-likeness (QED) is 0.742. The molecule has 7 nitrogen and oxygen atoms in total. The molecule has 0 bridgehead atoms. The summed E-state index contributed by atoms with van der Waals surface area (Å²) >= 11 is 0. The molecule has 1 fully saturated rings. The first-order valence-electron chi connectivity index (χ1n) is 7.27. The number of nitrogens with zero attached hydrogens (tertiary/aromatic N) is 1. The van der Waals surface area contributed by atoms with E-state index in [1.165, 1.54) is 7.11 Å². The van der Waals surface area contributed by atoms with Crippen molar-refractivity contribution in [2.75, 3.05) is 25.5 Å². The average Bonchev–Trinajstić information content (AvgIpc) is 2.97. The summed E-state index contributed by atoms with van der Waals surface area (Å²) in [5, 5.41) is 6.03. The molecule has 0 unspecified atom stereocenters. The Labute approximate surface area is 127 Å². The molecule has 2 aromatic rings. The summed E-state index contributed by atoms with van der Waals surface area (Å²) in [5.74, 6) is -0.141. The van der Waals surface area contributed by atoms with Crippen LogP contribution in [-0.2, 0) is 9.53 Å². The van der Waals surface area contributed by atoms with Gasteiger partial charge in [0.25, 0.3) is 0 Å². The van der Waals surface area contributed by atoms with Gasteiger partial charge in [0.05, 0.1) is 18.2 Å². The van der Waals surface area contributed by atoms with Gasteiger partial charge < -0.3 is 15.0 Å². The maximum absolute atomic E-state index is 12.2. The minimum atomic E-state index is -0.451. The third-order valence-corrected chi connectivity index (χ3v) is 3.87. The van der Waals surface area contributed by atoms with Crippen LogP contribution in [0.1, 0.15) is 23.2 Å². The molecule has 1 aliphatic heterocycles. The zero-order valence-electron chi connectivity index (χ0n) is 12.3. The number of nitrogens with one attached hydrogen (secondary N) is 3. The number of para-hydroxylation sites is 1. The van der Waals surface area contributed by atoms with E-state index in [1.54, 1.807) is 18.2 Å². The number of aromatic nitrogens is 2. The second-order valence-corrected chi connectivity index (χ2v) is 5.29. The summed E-state index contributed by atoms with van der Waals surface area (Å²) in [4.78, 5) is 31.3. The third kappa shape index (κ3) is 2.80. The molecule has 7 heteroatoms. The number of carbonyl (C=O) groups excluding carboxylic acids is 2. The molecule has 1 aliphatic rings. The van der Waals surface area contributed by atoms with Gasteiger partial charge in [-0.1, -0.05) is 6.07 Å². The van der Waals surface area contributed by atoms with Crippen molar-refractivity contribution in [2.45, 2.75) is 12.8 Å². The van der Waals surface area contributed by atoms with E-state index in [0.717, 1.165) is 25.9 Å². The highest BCUT2D eigenvalue weighted by Gasteiger charge is 2.22. The molecule has 0 atom stereocenters. The number of fused-ring (bicyclic) bond motifs is 1. The number of esters is 1. The molecule has 116 valence electrons. The molecule has 3 rings (SSSR count). The van der Waals surface area contributed by atoms with E-state index in [1.807, 2.05) is 0 Å². The summed E-state index contributed by atoms with van der Waals surface area (Å²) in [6.45, 7) is 1.70. The second kappa shape index (κ2) is 6.15. The van der Waals surface area contributed by atoms with Crippen LogP contribution in [0.4, 0.5) is 5.95 Å². The van der Waals surface area contributed by atoms with Crippen LogP contribution in [0.2, 0.25) is 0 Å². The highest BCUT2D eigenvalue weighted by molar-refractivity contribution is 6.03. The predicted octanol–water partition coefficient (Wildman–Crippen LogP) is 1.29. The van der Waals surface area contributed by atoms with Gasteiger partial charge in [0.15, 0.2) is 0 Å². The van der Waals surface area contributed by atoms with Crippen LogP contribution in [0.5, 0.6) is 0 Å². The van der Waals surface area contributed by atoms with Gasteiger partial charge in [0.1, 0.15) is 5.52 Å². The predicted molar refractivity (Wildman–Crippen MR) is 81.7 cm³/mol. The number of anilines is 1. The Morgan fingerprint density at radius 1 is 1.32 bits per heavy atom. The lowest BCUT2D eigenvalue weighted by molar-refractivity contribution is -0.120. The van der Waals surface area contributed by atoms with Gasteiger partial charge in [-0.3, -0.25) is 10.1 Å². The van der Waals surface area contributed by atoms with Gasteiger partial charge in [-0.15, -0.1) is 0 Å². The Balaban J connectivity index is 1.82. The van der Waals surface area contributed by atoms with E-state index in [-0.39, 0.29) is 11.8 Å². The smallest absolute Gasteiger partial charge is 0.340 e. The van der Waals surface area contributed by atoms with Gasteiger partial charge in [0.2, 0.25) is 11.9 Å². The number of hydrogen-bond acceptors (Lipinski definition) is 5. The van der Waals surface area contributed by atoms with Crippen LogP contribution in [0, 0.1) is 5.92 Å². The van der Waals surface area contributed by atoms with E-state index in [9.17, 15) is 9.59 Å². The first kappa shape index (κ1) is 14.5. The average molecular weight is 302 g/mol. The van der Waals surface area contributed by atoms with Crippen LogP contribution in [0.15, 0.2) is 18.2 Å². The minimum Gasteiger partial charge on any atom is -0.465 e. The Kier molecular flexibility index (Phi) is 4.06. The van der Waals surface area contributed by atoms with Crippen LogP contribution < -0.4 is 10.6 Å². The van der Waals surface area contributed by atoms with Crippen molar-refractivity contribution in [3.05, 3.63) is 23.8 Å². The molecule has 0 saturated carbocycles. The first-order valence-corrected chi connectivity index (χ1v) is 7.27. The molecule has 1 saturated heterocycles. The molecule has 22 heavy (non-hydrogen) atoms. The largest absolute Gasteiger partial charge is 0.465 e. The summed E-state index contributed by atoms with van der Waals surface area (Å²) in [5.41, 5.74) is 1.55. The molecule has 0 aliphatic carbocycles. The highest BCUT2D eigenvalue weighted by Crippen LogP contribution is 2.20. The Morgan fingerprint density at radius 3 is 2.82 bits per heavy atom. The van der Waals surface area contributed by atoms with Crippen LogP contribution in [0.3, 0.4) is 0 Å². The number of ether oxygens (including phenoxy) is 1. The number of piperidine rings is 1. The molecular formula is C15H18N4O3. The number of carbonyl (C=O) groups is 2. The molecule has 3 N–H and O–H groups in total. The standard InChI is InChI=1S/C15H18N4O3/c1-22-14(21)10-3-2-4-11-12(10)18-15(17-11)19-13(20)9-5-7-16-8-6-9/h2-4,9,16H,5-8H2,1H3,(H2,17,18,19,20). The monoisotopic (exact) mass is 302 g/mol. The van der Waals surface area contributed by atoms with Gasteiger partial charge >= 0.3 is 5.97 Å². The van der Waals surface area contributed by atoms with Gasteiger partial charge in [-0.2, -0.15) is 0 Å². The van der Waals surface area contributed by atoms with Crippen molar-refractivity contribution < 1.29 is 14.3 Å². The van der Waals surface area contributed by atoms with Crippen molar-refractivity contribution in [2.24, 2.45) is 5.92 Å². The number of aromatic amines is 1. The molecular weight excluding hydrogens is 284 g/mol. The maximum atomic E-state index is 12.2. The topological polar surface area (TPSA) is 96.1 Å². The molecule has 2 heterocycles. The number of hydrogen-bond donors (Lipinski definition) is 3. The summed E-state index contributed by atoms with van der Waals surface area (Å²) in [6, 6.07) is 5.19. The van der Waals surface area contributed by atoms with E-state index >= 15 is 0 Å². The zero-order valence-corrected chi connectivity index (χ0v) is 12.3. The fraction of sp³-hybridized carbons (Fsp3) is 0.400. The van der Waals surface area contributed by atoms with Crippen molar-refractivity contribution in [3.63, 3.8) is 0 Å². The fourth-order valence-electron chi connectivity index (χ4n) is 2.67. The normalized spacial score (nSPS) is 15.7. The van der Waals surface area contributed by atoms with Gasteiger partial charge in [-0.05, 0) is 38.1 Å². The Morgan fingerprint density at radius 2 is 2.09 bits per heavy atom. The molecule has 0 spiro atoms. The second-order valence-electron chi connectivity index (χ2n) is 5.29. The molecule has 0 radical (unpaired) electrons. The first-order chi connectivity index (χ1) is 10.7. The minimum absolute atomic E-state index is 0.00506. The number of rotatable bonds is 3. The van der Waals surface area contributed by atoms with Crippen LogP contribution in [-0.4, -0.2) is 42.0 Å². The van der Waals surface area contributed by atoms with E-state index < -0.39 is 5.97 Å². The number of benzene rings is 1. The maximum Gasteiger partial charge on any atom is 0.340 e. The Bertz CT molecular complexity index is 704. The fourth-order valence-corrected chi connectivity index (χ4v) is 2.67. The van der Waals surface area contributed by atoms with Crippen molar-refractivity contribution in [3.8, 4) is 0 Å². The number of methoxy groups -OCH3 is 1. The number of H-pyrrole nitrogens is 1. The van der Waals surface area contributed by atoms with Crippen molar-refractivity contribution in [1.29, 1.82) is 0 Å². The SMILES string of the molecule is COC(=O)c1cccc2[nH]c(NC(=O)C3CCNCC3)nc12. The van der Waals surface area contributed by atoms with E-state index in [2.05, 4.69) is 20.6 Å². The lowest BCUT2D eigenvalue weighted by Gasteiger charge is -2.21. The Hall–Kier alpha value is -2.41. The van der Waals surface area contributed by atoms with Crippen molar-refractivity contribution in [1.82, 2.24) is 15.3 Å². The molecule has 1 aromatic carbocycles. The van der Waals surface area contributed by atoms with Crippen LogP contribution >= 0.6 is 0 Å². The van der Waals surface area contributed by atoms with Crippen LogP contribution in [0.25, 0.3) is 11.0 Å². The lowest BCUT2D eigenvalue weighted by atomic mass is 9.97.